The van der Waals surface area contributed by atoms with Crippen molar-refractivity contribution in [2.75, 3.05) is 18.5 Å². The second kappa shape index (κ2) is 12.5. The van der Waals surface area contributed by atoms with Gasteiger partial charge in [-0.15, -0.1) is 0 Å². The SMILES string of the molecule is CCCCOC(=O)c1ccc(NC(=O)CCNC(=O)C(Br)CCC)cc1. The number of benzene rings is 1. The molecule has 0 aliphatic heterocycles. The standard InChI is InChI=1S/C19H27BrN2O4/c1-3-5-13-26-19(25)14-7-9-15(10-8-14)22-17(23)11-12-21-18(24)16(20)6-4-2/h7-10,16H,3-6,11-13H2,1-2H3,(H,21,24)(H,22,23). The van der Waals surface area contributed by atoms with Gasteiger partial charge >= 0.3 is 5.97 Å². The highest BCUT2D eigenvalue weighted by molar-refractivity contribution is 9.10. The molecule has 26 heavy (non-hydrogen) atoms. The summed E-state index contributed by atoms with van der Waals surface area (Å²) >= 11 is 3.31. The topological polar surface area (TPSA) is 84.5 Å². The molecule has 7 heteroatoms. The van der Waals surface area contributed by atoms with Crippen LogP contribution in [0.25, 0.3) is 0 Å². The number of hydrogen-bond donors (Lipinski definition) is 2. The third-order valence-electron chi connectivity index (χ3n) is 3.61. The summed E-state index contributed by atoms with van der Waals surface area (Å²) in [5.74, 6) is -0.675. The van der Waals surface area contributed by atoms with Crippen molar-refractivity contribution >= 4 is 39.4 Å². The Hall–Kier alpha value is -1.89. The van der Waals surface area contributed by atoms with Crippen molar-refractivity contribution in [3.05, 3.63) is 29.8 Å². The fourth-order valence-corrected chi connectivity index (χ4v) is 2.72. The van der Waals surface area contributed by atoms with Gasteiger partial charge in [-0.05, 0) is 37.1 Å². The predicted octanol–water partition coefficient (Wildman–Crippen LogP) is 3.65. The van der Waals surface area contributed by atoms with Gasteiger partial charge in [0.05, 0.1) is 17.0 Å². The Morgan fingerprint density at radius 1 is 1.12 bits per heavy atom. The van der Waals surface area contributed by atoms with Crippen LogP contribution in [0.1, 0.15) is 56.3 Å². The van der Waals surface area contributed by atoms with Gasteiger partial charge in [-0.3, -0.25) is 9.59 Å². The highest BCUT2D eigenvalue weighted by Crippen LogP contribution is 2.11. The van der Waals surface area contributed by atoms with Crippen molar-refractivity contribution in [3.8, 4) is 0 Å². The lowest BCUT2D eigenvalue weighted by molar-refractivity contribution is -0.120. The number of alkyl halides is 1. The molecule has 2 N–H and O–H groups in total. The summed E-state index contributed by atoms with van der Waals surface area (Å²) in [5, 5.41) is 5.46. The zero-order chi connectivity index (χ0) is 19.4. The summed E-state index contributed by atoms with van der Waals surface area (Å²) in [6, 6.07) is 6.54. The van der Waals surface area contributed by atoms with E-state index in [1.54, 1.807) is 24.3 Å². The molecule has 0 saturated carbocycles. The molecule has 1 unspecified atom stereocenters. The largest absolute Gasteiger partial charge is 0.462 e. The molecule has 0 aliphatic rings. The lowest BCUT2D eigenvalue weighted by atomic mass is 10.2. The maximum atomic E-state index is 11.9. The van der Waals surface area contributed by atoms with E-state index in [2.05, 4.69) is 26.6 Å². The lowest BCUT2D eigenvalue weighted by Gasteiger charge is -2.10. The Morgan fingerprint density at radius 3 is 2.42 bits per heavy atom. The first-order chi connectivity index (χ1) is 12.5. The molecule has 1 atom stereocenters. The summed E-state index contributed by atoms with van der Waals surface area (Å²) < 4.78 is 5.13. The normalized spacial score (nSPS) is 11.5. The van der Waals surface area contributed by atoms with Crippen molar-refractivity contribution < 1.29 is 19.1 Å². The van der Waals surface area contributed by atoms with E-state index in [0.717, 1.165) is 25.7 Å². The Balaban J connectivity index is 2.36. The average Bonchev–Trinajstić information content (AvgIpc) is 2.62. The molecule has 144 valence electrons. The molecule has 0 aliphatic carbocycles. The Bertz CT molecular complexity index is 590. The van der Waals surface area contributed by atoms with Gasteiger partial charge in [-0.2, -0.15) is 0 Å². The van der Waals surface area contributed by atoms with Crippen molar-refractivity contribution in [3.63, 3.8) is 0 Å². The summed E-state index contributed by atoms with van der Waals surface area (Å²) in [4.78, 5) is 35.2. The van der Waals surface area contributed by atoms with Crippen LogP contribution in [-0.4, -0.2) is 35.8 Å². The van der Waals surface area contributed by atoms with E-state index in [4.69, 9.17) is 4.74 Å². The molecule has 1 aromatic rings. The average molecular weight is 427 g/mol. The minimum absolute atomic E-state index is 0.106. The van der Waals surface area contributed by atoms with Gasteiger partial charge in [-0.25, -0.2) is 4.79 Å². The number of amides is 2. The van der Waals surface area contributed by atoms with Crippen LogP contribution in [0.5, 0.6) is 0 Å². The molecule has 1 rings (SSSR count). The number of anilines is 1. The molecule has 6 nitrogen and oxygen atoms in total. The fraction of sp³-hybridized carbons (Fsp3) is 0.526. The second-order valence-electron chi connectivity index (χ2n) is 5.91. The van der Waals surface area contributed by atoms with E-state index in [1.165, 1.54) is 0 Å². The van der Waals surface area contributed by atoms with E-state index in [-0.39, 0.29) is 35.6 Å². The number of hydrogen-bond acceptors (Lipinski definition) is 4. The molecular formula is C19H27BrN2O4. The van der Waals surface area contributed by atoms with E-state index >= 15 is 0 Å². The van der Waals surface area contributed by atoms with Gasteiger partial charge in [0.1, 0.15) is 0 Å². The van der Waals surface area contributed by atoms with Crippen molar-refractivity contribution in [2.24, 2.45) is 0 Å². The van der Waals surface area contributed by atoms with Crippen LogP contribution >= 0.6 is 15.9 Å². The van der Waals surface area contributed by atoms with Crippen molar-refractivity contribution in [1.29, 1.82) is 0 Å². The zero-order valence-electron chi connectivity index (χ0n) is 15.3. The molecule has 0 heterocycles. The molecule has 0 aromatic heterocycles. The number of ether oxygens (including phenoxy) is 1. The highest BCUT2D eigenvalue weighted by Gasteiger charge is 2.13. The number of unbranched alkanes of at least 4 members (excludes halogenated alkanes) is 1. The molecule has 1 aromatic carbocycles. The number of carbonyl (C=O) groups excluding carboxylic acids is 3. The zero-order valence-corrected chi connectivity index (χ0v) is 16.9. The third-order valence-corrected chi connectivity index (χ3v) is 4.49. The van der Waals surface area contributed by atoms with E-state index in [0.29, 0.717) is 17.9 Å². The van der Waals surface area contributed by atoms with Crippen LogP contribution in [0, 0.1) is 0 Å². The van der Waals surface area contributed by atoms with Crippen LogP contribution in [0.2, 0.25) is 0 Å². The van der Waals surface area contributed by atoms with Crippen LogP contribution in [0.4, 0.5) is 5.69 Å². The van der Waals surface area contributed by atoms with Crippen LogP contribution in [0.3, 0.4) is 0 Å². The van der Waals surface area contributed by atoms with Crippen LogP contribution < -0.4 is 10.6 Å². The first kappa shape index (κ1) is 22.2. The number of rotatable bonds is 11. The van der Waals surface area contributed by atoms with Crippen LogP contribution in [0.15, 0.2) is 24.3 Å². The fourth-order valence-electron chi connectivity index (χ4n) is 2.10. The quantitative estimate of drug-likeness (QED) is 0.321. The molecule has 2 amide bonds. The van der Waals surface area contributed by atoms with Crippen LogP contribution in [-0.2, 0) is 14.3 Å². The Kier molecular flexibility index (Phi) is 10.6. The molecule has 0 fully saturated rings. The van der Waals surface area contributed by atoms with Gasteiger partial charge in [0.2, 0.25) is 11.8 Å². The molecule has 0 spiro atoms. The van der Waals surface area contributed by atoms with E-state index in [1.807, 2.05) is 13.8 Å². The van der Waals surface area contributed by atoms with Gasteiger partial charge < -0.3 is 15.4 Å². The summed E-state index contributed by atoms with van der Waals surface area (Å²) in [5.41, 5.74) is 1.04. The Labute approximate surface area is 163 Å². The minimum Gasteiger partial charge on any atom is -0.462 e. The van der Waals surface area contributed by atoms with Crippen molar-refractivity contribution in [2.45, 2.75) is 50.8 Å². The van der Waals surface area contributed by atoms with E-state index in [9.17, 15) is 14.4 Å². The van der Waals surface area contributed by atoms with Gasteiger partial charge in [0.15, 0.2) is 0 Å². The first-order valence-corrected chi connectivity index (χ1v) is 9.88. The number of halogens is 1. The maximum Gasteiger partial charge on any atom is 0.338 e. The lowest BCUT2D eigenvalue weighted by Crippen LogP contribution is -2.33. The van der Waals surface area contributed by atoms with Crippen molar-refractivity contribution in [1.82, 2.24) is 5.32 Å². The number of carbonyl (C=O) groups is 3. The molecule has 0 radical (unpaired) electrons. The summed E-state index contributed by atoms with van der Waals surface area (Å²) in [6.45, 7) is 4.72. The first-order valence-electron chi connectivity index (χ1n) is 8.96. The smallest absolute Gasteiger partial charge is 0.338 e. The van der Waals surface area contributed by atoms with E-state index < -0.39 is 0 Å². The second-order valence-corrected chi connectivity index (χ2v) is 7.02. The minimum atomic E-state index is -0.365. The summed E-state index contributed by atoms with van der Waals surface area (Å²) in [7, 11) is 0. The molecule has 0 saturated heterocycles. The number of esters is 1. The Morgan fingerprint density at radius 2 is 1.81 bits per heavy atom. The summed E-state index contributed by atoms with van der Waals surface area (Å²) in [6.07, 6.45) is 3.65. The monoisotopic (exact) mass is 426 g/mol. The predicted molar refractivity (Wildman–Crippen MR) is 106 cm³/mol. The maximum absolute atomic E-state index is 11.9. The highest BCUT2D eigenvalue weighted by atomic mass is 79.9. The van der Waals surface area contributed by atoms with Gasteiger partial charge in [-0.1, -0.05) is 42.6 Å². The molecular weight excluding hydrogens is 400 g/mol. The van der Waals surface area contributed by atoms with Gasteiger partial charge in [0, 0.05) is 18.7 Å². The molecule has 0 bridgehead atoms. The third kappa shape index (κ3) is 8.47. The van der Waals surface area contributed by atoms with Gasteiger partial charge in [0.25, 0.3) is 0 Å². The number of nitrogens with one attached hydrogen (secondary N) is 2.